The van der Waals surface area contributed by atoms with Crippen molar-refractivity contribution in [1.82, 2.24) is 0 Å². The van der Waals surface area contributed by atoms with Crippen molar-refractivity contribution in [2.75, 3.05) is 0 Å². The van der Waals surface area contributed by atoms with Crippen molar-refractivity contribution < 1.29 is 14.6 Å². The van der Waals surface area contributed by atoms with Crippen molar-refractivity contribution >= 4 is 6.29 Å². The topological polar surface area (TPSA) is 46.5 Å². The Kier molecular flexibility index (Phi) is 4.80. The van der Waals surface area contributed by atoms with Gasteiger partial charge in [0.1, 0.15) is 6.29 Å². The number of aliphatic hydroxyl groups is 1. The van der Waals surface area contributed by atoms with Crippen LogP contribution in [0.25, 0.3) is 0 Å². The number of ether oxygens (including phenoxy) is 1. The molecule has 0 aromatic rings. The van der Waals surface area contributed by atoms with Gasteiger partial charge in [-0.05, 0) is 19.9 Å². The van der Waals surface area contributed by atoms with E-state index in [9.17, 15) is 4.79 Å². The summed E-state index contributed by atoms with van der Waals surface area (Å²) >= 11 is 0. The Morgan fingerprint density at radius 2 is 2.10 bits per heavy atom. The van der Waals surface area contributed by atoms with Crippen LogP contribution in [-0.2, 0) is 9.53 Å². The third kappa shape index (κ3) is 5.47. The molecule has 3 heteroatoms. The first-order valence-electron chi connectivity index (χ1n) is 3.12. The Labute approximate surface area is 60.3 Å². The minimum Gasteiger partial charge on any atom is -0.368 e. The number of carbonyl (C=O) groups excluding carboxylic acids is 1. The zero-order chi connectivity index (χ0) is 7.98. The molecule has 0 heterocycles. The molecule has 0 saturated carbocycles. The summed E-state index contributed by atoms with van der Waals surface area (Å²) in [7, 11) is 0. The van der Waals surface area contributed by atoms with Crippen molar-refractivity contribution in [3.05, 3.63) is 12.2 Å². The molecule has 0 radical (unpaired) electrons. The van der Waals surface area contributed by atoms with E-state index in [0.29, 0.717) is 6.29 Å². The summed E-state index contributed by atoms with van der Waals surface area (Å²) in [6.07, 6.45) is 2.57. The van der Waals surface area contributed by atoms with Crippen LogP contribution >= 0.6 is 0 Å². The van der Waals surface area contributed by atoms with Gasteiger partial charge in [0.05, 0.1) is 6.10 Å². The molecule has 0 bridgehead atoms. The third-order valence-corrected chi connectivity index (χ3v) is 0.872. The molecule has 3 nitrogen and oxygen atoms in total. The van der Waals surface area contributed by atoms with Gasteiger partial charge in [-0.3, -0.25) is 4.79 Å². The lowest BCUT2D eigenvalue weighted by atomic mass is 10.3. The first-order valence-corrected chi connectivity index (χ1v) is 3.12. The lowest BCUT2D eigenvalue weighted by Gasteiger charge is -2.09. The summed E-state index contributed by atoms with van der Waals surface area (Å²) in [5.74, 6) is 0. The zero-order valence-electron chi connectivity index (χ0n) is 6.15. The maximum Gasteiger partial charge on any atom is 0.152 e. The summed E-state index contributed by atoms with van der Waals surface area (Å²) in [4.78, 5) is 9.79. The number of carbonyl (C=O) groups is 1. The molecule has 10 heavy (non-hydrogen) atoms. The fraction of sp³-hybridized carbons (Fsp3) is 0.571. The maximum absolute atomic E-state index is 9.79. The fourth-order valence-corrected chi connectivity index (χ4v) is 0.558. The van der Waals surface area contributed by atoms with Gasteiger partial charge in [0.2, 0.25) is 0 Å². The molecule has 0 aromatic carbocycles. The van der Waals surface area contributed by atoms with Crippen molar-refractivity contribution in [2.24, 2.45) is 0 Å². The first kappa shape index (κ1) is 9.33. The van der Waals surface area contributed by atoms with Crippen LogP contribution in [0.3, 0.4) is 0 Å². The van der Waals surface area contributed by atoms with Crippen molar-refractivity contribution in [1.29, 1.82) is 0 Å². The predicted molar refractivity (Wildman–Crippen MR) is 37.4 cm³/mol. The lowest BCUT2D eigenvalue weighted by molar-refractivity contribution is -0.106. The quantitative estimate of drug-likeness (QED) is 0.355. The molecule has 1 N–H and O–H groups in total. The number of hydrogen-bond donors (Lipinski definition) is 1. The largest absolute Gasteiger partial charge is 0.368 e. The van der Waals surface area contributed by atoms with Crippen LogP contribution in [0.15, 0.2) is 12.2 Å². The monoisotopic (exact) mass is 144 g/mol. The summed E-state index contributed by atoms with van der Waals surface area (Å²) in [6, 6.07) is 0. The highest BCUT2D eigenvalue weighted by molar-refractivity contribution is 5.64. The van der Waals surface area contributed by atoms with E-state index in [2.05, 4.69) is 0 Å². The highest BCUT2D eigenvalue weighted by Gasteiger charge is 1.99. The summed E-state index contributed by atoms with van der Waals surface area (Å²) in [5, 5.41) is 8.68. The van der Waals surface area contributed by atoms with Crippen LogP contribution in [-0.4, -0.2) is 23.8 Å². The smallest absolute Gasteiger partial charge is 0.152 e. The third-order valence-electron chi connectivity index (χ3n) is 0.872. The van der Waals surface area contributed by atoms with Crippen LogP contribution in [0.1, 0.15) is 13.8 Å². The van der Waals surface area contributed by atoms with Gasteiger partial charge in [0, 0.05) is 0 Å². The van der Waals surface area contributed by atoms with Gasteiger partial charge < -0.3 is 9.84 Å². The molecule has 0 saturated heterocycles. The van der Waals surface area contributed by atoms with Crippen LogP contribution in [0.2, 0.25) is 0 Å². The first-order chi connectivity index (χ1) is 4.66. The standard InChI is InChI=1S/C7H12O3/c1-6(4-3-5-8)10-7(2)9/h3-7,9H,1-2H3. The molecule has 0 amide bonds. The highest BCUT2D eigenvalue weighted by Crippen LogP contribution is 1.95. The molecular formula is C7H12O3. The van der Waals surface area contributed by atoms with Gasteiger partial charge in [0.25, 0.3) is 0 Å². The molecule has 0 fully saturated rings. The van der Waals surface area contributed by atoms with E-state index < -0.39 is 6.29 Å². The van der Waals surface area contributed by atoms with Crippen LogP contribution in [0, 0.1) is 0 Å². The molecule has 0 aliphatic carbocycles. The average molecular weight is 144 g/mol. The van der Waals surface area contributed by atoms with E-state index in [1.54, 1.807) is 13.0 Å². The molecule has 0 aromatic heterocycles. The van der Waals surface area contributed by atoms with Crippen molar-refractivity contribution in [3.8, 4) is 0 Å². The molecule has 0 aliphatic rings. The Morgan fingerprint density at radius 1 is 1.50 bits per heavy atom. The Morgan fingerprint density at radius 3 is 2.50 bits per heavy atom. The highest BCUT2D eigenvalue weighted by atomic mass is 16.6. The van der Waals surface area contributed by atoms with E-state index in [0.717, 1.165) is 0 Å². The van der Waals surface area contributed by atoms with Gasteiger partial charge in [0.15, 0.2) is 6.29 Å². The number of aliphatic hydroxyl groups excluding tert-OH is 1. The van der Waals surface area contributed by atoms with Crippen molar-refractivity contribution in [2.45, 2.75) is 26.2 Å². The second-order valence-corrected chi connectivity index (χ2v) is 1.96. The zero-order valence-corrected chi connectivity index (χ0v) is 6.15. The molecule has 0 rings (SSSR count). The molecule has 0 aliphatic heterocycles. The van der Waals surface area contributed by atoms with Crippen LogP contribution in [0.5, 0.6) is 0 Å². The van der Waals surface area contributed by atoms with Gasteiger partial charge in [-0.15, -0.1) is 0 Å². The Balaban J connectivity index is 3.52. The number of aldehydes is 1. The summed E-state index contributed by atoms with van der Waals surface area (Å²) in [5.41, 5.74) is 0. The second-order valence-electron chi connectivity index (χ2n) is 1.96. The summed E-state index contributed by atoms with van der Waals surface area (Å²) < 4.78 is 4.86. The van der Waals surface area contributed by atoms with Gasteiger partial charge in [-0.25, -0.2) is 0 Å². The Hall–Kier alpha value is -0.670. The lowest BCUT2D eigenvalue weighted by Crippen LogP contribution is -2.13. The average Bonchev–Trinajstić information content (AvgIpc) is 1.82. The Bertz CT molecular complexity index is 118. The van der Waals surface area contributed by atoms with Gasteiger partial charge in [-0.1, -0.05) is 6.08 Å². The van der Waals surface area contributed by atoms with E-state index in [4.69, 9.17) is 9.84 Å². The van der Waals surface area contributed by atoms with E-state index in [-0.39, 0.29) is 6.10 Å². The van der Waals surface area contributed by atoms with Gasteiger partial charge in [-0.2, -0.15) is 0 Å². The van der Waals surface area contributed by atoms with Crippen LogP contribution < -0.4 is 0 Å². The minimum absolute atomic E-state index is 0.217. The molecular weight excluding hydrogens is 132 g/mol. The number of allylic oxidation sites excluding steroid dienone is 1. The van der Waals surface area contributed by atoms with Crippen LogP contribution in [0.4, 0.5) is 0 Å². The van der Waals surface area contributed by atoms with Crippen molar-refractivity contribution in [3.63, 3.8) is 0 Å². The SMILES string of the molecule is CC(O)OC(C)C=CC=O. The van der Waals surface area contributed by atoms with E-state index in [1.165, 1.54) is 13.0 Å². The molecule has 2 atom stereocenters. The fourth-order valence-electron chi connectivity index (χ4n) is 0.558. The summed E-state index contributed by atoms with van der Waals surface area (Å²) in [6.45, 7) is 3.26. The number of hydrogen-bond acceptors (Lipinski definition) is 3. The normalized spacial score (nSPS) is 17.1. The van der Waals surface area contributed by atoms with E-state index in [1.807, 2.05) is 0 Å². The van der Waals surface area contributed by atoms with Gasteiger partial charge >= 0.3 is 0 Å². The molecule has 58 valence electrons. The predicted octanol–water partition coefficient (Wildman–Crippen LogP) is 0.485. The second kappa shape index (κ2) is 5.14. The maximum atomic E-state index is 9.79. The molecule has 0 spiro atoms. The molecule has 2 unspecified atom stereocenters. The minimum atomic E-state index is -0.786. The van der Waals surface area contributed by atoms with E-state index >= 15 is 0 Å². The number of rotatable bonds is 4.